The van der Waals surface area contributed by atoms with Crippen molar-refractivity contribution in [2.75, 3.05) is 23.9 Å². The Hall–Kier alpha value is -3.78. The van der Waals surface area contributed by atoms with Crippen molar-refractivity contribution in [1.82, 2.24) is 0 Å². The quantitative estimate of drug-likeness (QED) is 0.103. The lowest BCUT2D eigenvalue weighted by molar-refractivity contribution is -0.385. The second-order valence-electron chi connectivity index (χ2n) is 7.72. The van der Waals surface area contributed by atoms with Crippen LogP contribution in [0, 0.1) is 51.1 Å². The summed E-state index contributed by atoms with van der Waals surface area (Å²) >= 11 is 6.40. The van der Waals surface area contributed by atoms with Gasteiger partial charge in [0.2, 0.25) is 0 Å². The molecule has 40 heavy (non-hydrogen) atoms. The molecule has 0 aromatic heterocycles. The number of nitro groups is 3. The molecule has 3 rings (SSSR count). The van der Waals surface area contributed by atoms with Gasteiger partial charge >= 0.3 is 0 Å². The number of benzene rings is 3. The number of halogens is 2. The van der Waals surface area contributed by atoms with Crippen molar-refractivity contribution in [3.8, 4) is 17.2 Å². The summed E-state index contributed by atoms with van der Waals surface area (Å²) in [5.41, 5.74) is 1.86. The Morgan fingerprint density at radius 1 is 0.650 bits per heavy atom. The molecule has 0 amide bonds. The predicted octanol–water partition coefficient (Wildman–Crippen LogP) is 7.60. The van der Waals surface area contributed by atoms with Crippen LogP contribution in [0.4, 0.5) is 17.1 Å². The van der Waals surface area contributed by atoms with E-state index in [0.717, 1.165) is 10.7 Å². The number of hydrogen-bond acceptors (Lipinski definition) is 9. The number of phenols is 1. The normalized spacial score (nSPS) is 9.53. The minimum atomic E-state index is -0.494. The summed E-state index contributed by atoms with van der Waals surface area (Å²) in [6.45, 7) is 5.56. The van der Waals surface area contributed by atoms with Gasteiger partial charge in [0.25, 0.3) is 17.1 Å². The molecule has 0 unspecified atom stereocenters. The highest BCUT2D eigenvalue weighted by Crippen LogP contribution is 2.25. The van der Waals surface area contributed by atoms with E-state index in [4.69, 9.17) is 14.6 Å². The molecule has 0 heterocycles. The van der Waals surface area contributed by atoms with E-state index in [1.165, 1.54) is 42.5 Å². The second kappa shape index (κ2) is 18.5. The van der Waals surface area contributed by atoms with Gasteiger partial charge in [-0.1, -0.05) is 39.3 Å². The van der Waals surface area contributed by atoms with Gasteiger partial charge in [-0.25, -0.2) is 0 Å². The standard InChI is InChI=1S/C16H16N2O6.C7H7NO3.C2H4Br2.CH4/c1-11-9-13(17(19)20)3-5-15(11)23-7-8-24-16-6-4-14(18(21)22)10-12(16)2;1-5-4-6(8(10)11)2-3-7(5)9;3-1-2-4;/h3-6,9-10H,7-8H2,1-2H3;2-4,9H,1H3;1-2H2;1H4. The molecule has 0 aliphatic heterocycles. The van der Waals surface area contributed by atoms with E-state index in [-0.39, 0.29) is 43.5 Å². The van der Waals surface area contributed by atoms with Crippen LogP contribution in [0.25, 0.3) is 0 Å². The second-order valence-corrected chi connectivity index (χ2v) is 9.30. The van der Waals surface area contributed by atoms with Crippen LogP contribution in [0.15, 0.2) is 54.6 Å². The maximum Gasteiger partial charge on any atom is 0.269 e. The first-order valence-corrected chi connectivity index (χ1v) is 13.5. The molecule has 218 valence electrons. The minimum absolute atomic E-state index is 0. The molecule has 0 spiro atoms. The molecule has 3 aromatic rings. The summed E-state index contributed by atoms with van der Waals surface area (Å²) in [5.74, 6) is 1.17. The third-order valence-corrected chi connectivity index (χ3v) is 6.66. The molecule has 0 bridgehead atoms. The van der Waals surface area contributed by atoms with E-state index in [1.807, 2.05) is 0 Å². The van der Waals surface area contributed by atoms with Gasteiger partial charge in [-0.05, 0) is 55.7 Å². The number of phenolic OH excluding ortho intramolecular Hbond substituents is 1. The molecule has 0 saturated heterocycles. The summed E-state index contributed by atoms with van der Waals surface area (Å²) in [4.78, 5) is 30.1. The Morgan fingerprint density at radius 2 is 0.975 bits per heavy atom. The van der Waals surface area contributed by atoms with Crippen molar-refractivity contribution in [1.29, 1.82) is 0 Å². The molecular formula is C26H31Br2N3O9. The lowest BCUT2D eigenvalue weighted by Crippen LogP contribution is -2.10. The van der Waals surface area contributed by atoms with Crippen LogP contribution in [0.3, 0.4) is 0 Å². The number of nitro benzene ring substituents is 3. The molecule has 3 aromatic carbocycles. The van der Waals surface area contributed by atoms with E-state index in [2.05, 4.69) is 31.9 Å². The molecule has 14 heteroatoms. The number of aromatic hydroxyl groups is 1. The topological polar surface area (TPSA) is 168 Å². The van der Waals surface area contributed by atoms with Crippen molar-refractivity contribution >= 4 is 48.9 Å². The van der Waals surface area contributed by atoms with Crippen molar-refractivity contribution in [3.63, 3.8) is 0 Å². The zero-order chi connectivity index (χ0) is 29.5. The van der Waals surface area contributed by atoms with Gasteiger partial charge in [-0.3, -0.25) is 30.3 Å². The third kappa shape index (κ3) is 12.4. The van der Waals surface area contributed by atoms with E-state index < -0.39 is 14.8 Å². The molecule has 1 N–H and O–H groups in total. The van der Waals surface area contributed by atoms with Crippen molar-refractivity contribution in [3.05, 3.63) is 102 Å². The van der Waals surface area contributed by atoms with Crippen LogP contribution in [0.2, 0.25) is 0 Å². The van der Waals surface area contributed by atoms with Crippen molar-refractivity contribution < 1.29 is 29.4 Å². The van der Waals surface area contributed by atoms with Gasteiger partial charge in [0.1, 0.15) is 30.5 Å². The molecule has 0 saturated carbocycles. The minimum Gasteiger partial charge on any atom is -0.508 e. The Morgan fingerprint density at radius 3 is 1.25 bits per heavy atom. The number of nitrogens with zero attached hydrogens (tertiary/aromatic N) is 3. The van der Waals surface area contributed by atoms with Crippen molar-refractivity contribution in [2.45, 2.75) is 28.2 Å². The van der Waals surface area contributed by atoms with Crippen molar-refractivity contribution in [2.24, 2.45) is 0 Å². The lowest BCUT2D eigenvalue weighted by atomic mass is 10.2. The number of alkyl halides is 2. The number of ether oxygens (including phenoxy) is 2. The van der Waals surface area contributed by atoms with Gasteiger partial charge in [0, 0.05) is 47.1 Å². The monoisotopic (exact) mass is 687 g/mol. The fourth-order valence-electron chi connectivity index (χ4n) is 2.87. The SMILES string of the molecule is BrCCBr.C.Cc1cc([N+](=O)[O-])ccc1O.Cc1cc([N+](=O)[O-])ccc1OCCOc1ccc([N+](=O)[O-])cc1C. The Bertz CT molecular complexity index is 1220. The number of rotatable bonds is 9. The maximum atomic E-state index is 10.7. The van der Waals surface area contributed by atoms with Gasteiger partial charge < -0.3 is 14.6 Å². The summed E-state index contributed by atoms with van der Waals surface area (Å²) in [6, 6.07) is 12.6. The molecular weight excluding hydrogens is 658 g/mol. The van der Waals surface area contributed by atoms with Crippen LogP contribution in [-0.4, -0.2) is 43.8 Å². The van der Waals surface area contributed by atoms with Gasteiger partial charge in [0.05, 0.1) is 14.8 Å². The average Bonchev–Trinajstić information content (AvgIpc) is 2.89. The van der Waals surface area contributed by atoms with Crippen LogP contribution >= 0.6 is 31.9 Å². The summed E-state index contributed by atoms with van der Waals surface area (Å²) in [5, 5.41) is 42.7. The van der Waals surface area contributed by atoms with E-state index in [0.29, 0.717) is 28.2 Å². The highest BCUT2D eigenvalue weighted by atomic mass is 79.9. The Kier molecular flexibility index (Phi) is 16.7. The third-order valence-electron chi connectivity index (χ3n) is 4.80. The highest BCUT2D eigenvalue weighted by Gasteiger charge is 2.11. The first-order valence-electron chi connectivity index (χ1n) is 11.2. The van der Waals surface area contributed by atoms with Crippen LogP contribution in [0.5, 0.6) is 17.2 Å². The van der Waals surface area contributed by atoms with Gasteiger partial charge in [0.15, 0.2) is 0 Å². The Balaban J connectivity index is 0.000000790. The summed E-state index contributed by atoms with van der Waals surface area (Å²) in [6.07, 6.45) is 0. The first kappa shape index (κ1) is 36.2. The fraction of sp³-hybridized carbons (Fsp3) is 0.308. The zero-order valence-electron chi connectivity index (χ0n) is 21.3. The number of hydrogen-bond donors (Lipinski definition) is 1. The summed E-state index contributed by atoms with van der Waals surface area (Å²) < 4.78 is 11.1. The van der Waals surface area contributed by atoms with Crippen LogP contribution in [0.1, 0.15) is 24.1 Å². The largest absolute Gasteiger partial charge is 0.508 e. The molecule has 0 aliphatic carbocycles. The molecule has 0 aliphatic rings. The molecule has 12 nitrogen and oxygen atoms in total. The smallest absolute Gasteiger partial charge is 0.269 e. The predicted molar refractivity (Wildman–Crippen MR) is 160 cm³/mol. The number of aryl methyl sites for hydroxylation is 3. The van der Waals surface area contributed by atoms with Crippen LogP contribution in [-0.2, 0) is 0 Å². The fourth-order valence-corrected chi connectivity index (χ4v) is 2.87. The highest BCUT2D eigenvalue weighted by molar-refractivity contribution is 9.11. The molecule has 0 radical (unpaired) electrons. The van der Waals surface area contributed by atoms with E-state index >= 15 is 0 Å². The van der Waals surface area contributed by atoms with Crippen LogP contribution < -0.4 is 9.47 Å². The van der Waals surface area contributed by atoms with E-state index in [9.17, 15) is 30.3 Å². The molecule has 0 atom stereocenters. The average molecular weight is 689 g/mol. The molecule has 0 fully saturated rings. The first-order chi connectivity index (χ1) is 18.4. The Labute approximate surface area is 248 Å². The maximum absolute atomic E-state index is 10.7. The van der Waals surface area contributed by atoms with Gasteiger partial charge in [-0.2, -0.15) is 0 Å². The lowest BCUT2D eigenvalue weighted by Gasteiger charge is -2.11. The zero-order valence-corrected chi connectivity index (χ0v) is 24.5. The van der Waals surface area contributed by atoms with E-state index in [1.54, 1.807) is 32.9 Å². The summed E-state index contributed by atoms with van der Waals surface area (Å²) in [7, 11) is 0. The number of non-ortho nitro benzene ring substituents is 3. The van der Waals surface area contributed by atoms with Gasteiger partial charge in [-0.15, -0.1) is 0 Å².